The van der Waals surface area contributed by atoms with Gasteiger partial charge in [0.1, 0.15) is 11.5 Å². The number of hydrogen-bond acceptors (Lipinski definition) is 3. The van der Waals surface area contributed by atoms with Crippen LogP contribution in [0.25, 0.3) is 11.3 Å². The third-order valence-electron chi connectivity index (χ3n) is 3.10. The second-order valence-electron chi connectivity index (χ2n) is 4.37. The Bertz CT molecular complexity index is 538. The van der Waals surface area contributed by atoms with E-state index in [1.165, 1.54) is 0 Å². The molecule has 0 N–H and O–H groups in total. The number of para-hydroxylation sites is 1. The second kappa shape index (κ2) is 6.23. The van der Waals surface area contributed by atoms with Crippen molar-refractivity contribution < 1.29 is 13.9 Å². The number of furan rings is 1. The largest absolute Gasteiger partial charge is 0.490 e. The summed E-state index contributed by atoms with van der Waals surface area (Å²) < 4.78 is 11.5. The summed E-state index contributed by atoms with van der Waals surface area (Å²) in [6, 6.07) is 11.2. The zero-order valence-corrected chi connectivity index (χ0v) is 11.3. The Kier molecular flexibility index (Phi) is 4.39. The lowest BCUT2D eigenvalue weighted by atomic mass is 10.1. The summed E-state index contributed by atoms with van der Waals surface area (Å²) in [5.74, 6) is 1.78. The molecule has 0 amide bonds. The first-order valence-corrected chi connectivity index (χ1v) is 6.59. The fraction of sp³-hybridized carbons (Fsp3) is 0.312. The summed E-state index contributed by atoms with van der Waals surface area (Å²) in [4.78, 5) is 10.7. The minimum atomic E-state index is 0.196. The molecule has 1 aromatic carbocycles. The summed E-state index contributed by atoms with van der Waals surface area (Å²) in [5, 5.41) is 0. The lowest BCUT2D eigenvalue weighted by Gasteiger charge is -2.17. The predicted molar refractivity (Wildman–Crippen MR) is 74.5 cm³/mol. The van der Waals surface area contributed by atoms with E-state index in [-0.39, 0.29) is 6.10 Å². The maximum absolute atomic E-state index is 10.7. The van der Waals surface area contributed by atoms with Gasteiger partial charge in [-0.3, -0.25) is 4.79 Å². The molecule has 1 heterocycles. The van der Waals surface area contributed by atoms with E-state index in [0.29, 0.717) is 17.8 Å². The van der Waals surface area contributed by atoms with E-state index in [1.54, 1.807) is 12.1 Å². The summed E-state index contributed by atoms with van der Waals surface area (Å²) in [6.07, 6.45) is 2.82. The Balaban J connectivity index is 2.32. The molecule has 3 heteroatoms. The maximum atomic E-state index is 10.7. The highest BCUT2D eigenvalue weighted by Crippen LogP contribution is 2.32. The normalized spacial score (nSPS) is 10.7. The number of aldehydes is 1. The molecule has 0 saturated heterocycles. The topological polar surface area (TPSA) is 39.4 Å². The monoisotopic (exact) mass is 258 g/mol. The number of ether oxygens (including phenoxy) is 1. The van der Waals surface area contributed by atoms with Gasteiger partial charge in [0.25, 0.3) is 0 Å². The smallest absolute Gasteiger partial charge is 0.185 e. The molecule has 19 heavy (non-hydrogen) atoms. The van der Waals surface area contributed by atoms with Gasteiger partial charge in [0, 0.05) is 0 Å². The number of carbonyl (C=O) groups is 1. The number of rotatable bonds is 6. The summed E-state index contributed by atoms with van der Waals surface area (Å²) in [5.41, 5.74) is 0.877. The number of hydrogen-bond donors (Lipinski definition) is 0. The van der Waals surface area contributed by atoms with E-state index in [1.807, 2.05) is 24.3 Å². The lowest BCUT2D eigenvalue weighted by molar-refractivity contribution is 0.110. The van der Waals surface area contributed by atoms with Crippen molar-refractivity contribution in [1.29, 1.82) is 0 Å². The van der Waals surface area contributed by atoms with Crippen LogP contribution in [0.4, 0.5) is 0 Å². The quantitative estimate of drug-likeness (QED) is 0.724. The zero-order chi connectivity index (χ0) is 13.7. The summed E-state index contributed by atoms with van der Waals surface area (Å²) in [7, 11) is 0. The van der Waals surface area contributed by atoms with Crippen LogP contribution in [0.5, 0.6) is 5.75 Å². The highest BCUT2D eigenvalue weighted by atomic mass is 16.5. The van der Waals surface area contributed by atoms with Crippen molar-refractivity contribution in [1.82, 2.24) is 0 Å². The standard InChI is InChI=1S/C16H18O3/c1-3-12(4-2)18-15-8-6-5-7-14(15)16-10-9-13(11-17)19-16/h5-12H,3-4H2,1-2H3. The average Bonchev–Trinajstić information content (AvgIpc) is 2.94. The van der Waals surface area contributed by atoms with Gasteiger partial charge < -0.3 is 9.15 Å². The van der Waals surface area contributed by atoms with Crippen molar-refractivity contribution in [3.05, 3.63) is 42.2 Å². The number of carbonyl (C=O) groups excluding carboxylic acids is 1. The fourth-order valence-corrected chi connectivity index (χ4v) is 1.97. The van der Waals surface area contributed by atoms with Crippen molar-refractivity contribution >= 4 is 6.29 Å². The molecule has 100 valence electrons. The maximum Gasteiger partial charge on any atom is 0.185 e. The molecule has 0 saturated carbocycles. The van der Waals surface area contributed by atoms with Crippen molar-refractivity contribution in [2.45, 2.75) is 32.8 Å². The number of benzene rings is 1. The van der Waals surface area contributed by atoms with E-state index in [0.717, 1.165) is 24.2 Å². The molecule has 0 aliphatic carbocycles. The van der Waals surface area contributed by atoms with E-state index in [9.17, 15) is 4.79 Å². The van der Waals surface area contributed by atoms with Crippen molar-refractivity contribution in [2.75, 3.05) is 0 Å². The van der Waals surface area contributed by atoms with Crippen LogP contribution in [-0.2, 0) is 0 Å². The minimum absolute atomic E-state index is 0.196. The first-order chi connectivity index (χ1) is 9.28. The van der Waals surface area contributed by atoms with Crippen LogP contribution in [0.15, 0.2) is 40.8 Å². The Labute approximate surface area is 113 Å². The molecule has 0 fully saturated rings. The Morgan fingerprint density at radius 2 is 1.89 bits per heavy atom. The molecule has 2 rings (SSSR count). The SMILES string of the molecule is CCC(CC)Oc1ccccc1-c1ccc(C=O)o1. The highest BCUT2D eigenvalue weighted by Gasteiger charge is 2.13. The molecule has 0 spiro atoms. The highest BCUT2D eigenvalue weighted by molar-refractivity contribution is 5.74. The van der Waals surface area contributed by atoms with Gasteiger partial charge >= 0.3 is 0 Å². The van der Waals surface area contributed by atoms with Crippen molar-refractivity contribution in [3.8, 4) is 17.1 Å². The molecule has 0 bridgehead atoms. The van der Waals surface area contributed by atoms with Gasteiger partial charge in [-0.2, -0.15) is 0 Å². The Hall–Kier alpha value is -2.03. The molecule has 0 aliphatic heterocycles. The van der Waals surface area contributed by atoms with Crippen LogP contribution >= 0.6 is 0 Å². The summed E-state index contributed by atoms with van der Waals surface area (Å²) >= 11 is 0. The first-order valence-electron chi connectivity index (χ1n) is 6.59. The van der Waals surface area contributed by atoms with E-state index >= 15 is 0 Å². The van der Waals surface area contributed by atoms with E-state index < -0.39 is 0 Å². The van der Waals surface area contributed by atoms with Gasteiger partial charge in [-0.1, -0.05) is 26.0 Å². The van der Waals surface area contributed by atoms with Gasteiger partial charge in [-0.15, -0.1) is 0 Å². The predicted octanol–water partition coefficient (Wildman–Crippen LogP) is 4.33. The lowest BCUT2D eigenvalue weighted by Crippen LogP contribution is -2.14. The zero-order valence-electron chi connectivity index (χ0n) is 11.3. The first kappa shape index (κ1) is 13.4. The molecule has 0 atom stereocenters. The van der Waals surface area contributed by atoms with Crippen LogP contribution in [0.1, 0.15) is 37.2 Å². The van der Waals surface area contributed by atoms with Crippen LogP contribution in [0, 0.1) is 0 Å². The van der Waals surface area contributed by atoms with Gasteiger partial charge in [0.2, 0.25) is 0 Å². The Morgan fingerprint density at radius 3 is 2.53 bits per heavy atom. The van der Waals surface area contributed by atoms with Gasteiger partial charge in [0.05, 0.1) is 11.7 Å². The van der Waals surface area contributed by atoms with Gasteiger partial charge in [0.15, 0.2) is 12.0 Å². The molecule has 0 unspecified atom stereocenters. The Morgan fingerprint density at radius 1 is 1.16 bits per heavy atom. The van der Waals surface area contributed by atoms with Gasteiger partial charge in [-0.05, 0) is 37.1 Å². The van der Waals surface area contributed by atoms with E-state index in [2.05, 4.69) is 13.8 Å². The summed E-state index contributed by atoms with van der Waals surface area (Å²) in [6.45, 7) is 4.21. The van der Waals surface area contributed by atoms with Crippen molar-refractivity contribution in [3.63, 3.8) is 0 Å². The molecular weight excluding hydrogens is 240 g/mol. The van der Waals surface area contributed by atoms with Crippen LogP contribution in [0.2, 0.25) is 0 Å². The van der Waals surface area contributed by atoms with Crippen LogP contribution in [0.3, 0.4) is 0 Å². The van der Waals surface area contributed by atoms with Crippen LogP contribution < -0.4 is 4.74 Å². The molecular formula is C16H18O3. The molecule has 0 radical (unpaired) electrons. The minimum Gasteiger partial charge on any atom is -0.490 e. The second-order valence-corrected chi connectivity index (χ2v) is 4.37. The van der Waals surface area contributed by atoms with Crippen molar-refractivity contribution in [2.24, 2.45) is 0 Å². The van der Waals surface area contributed by atoms with Crippen LogP contribution in [-0.4, -0.2) is 12.4 Å². The molecule has 2 aromatic rings. The molecule has 3 nitrogen and oxygen atoms in total. The third kappa shape index (κ3) is 3.05. The van der Waals surface area contributed by atoms with E-state index in [4.69, 9.17) is 9.15 Å². The fourth-order valence-electron chi connectivity index (χ4n) is 1.97. The molecule has 0 aliphatic rings. The molecule has 1 aromatic heterocycles. The third-order valence-corrected chi connectivity index (χ3v) is 3.10. The average molecular weight is 258 g/mol. The van der Waals surface area contributed by atoms with Gasteiger partial charge in [-0.25, -0.2) is 0 Å².